The van der Waals surface area contributed by atoms with Gasteiger partial charge in [-0.25, -0.2) is 4.99 Å². The number of hydrogen-bond donors (Lipinski definition) is 2. The fraction of sp³-hybridized carbons (Fsp3) is 0.696. The Kier molecular flexibility index (Phi) is 10.2. The zero-order chi connectivity index (χ0) is 20.7. The molecule has 0 spiro atoms. The Hall–Kier alpha value is -1.06. The second-order valence-corrected chi connectivity index (χ2v) is 8.65. The first-order valence-electron chi connectivity index (χ1n) is 11.0. The van der Waals surface area contributed by atoms with Gasteiger partial charge in [-0.05, 0) is 71.2 Å². The van der Waals surface area contributed by atoms with Crippen molar-refractivity contribution in [1.82, 2.24) is 15.5 Å². The fourth-order valence-corrected chi connectivity index (χ4v) is 3.71. The van der Waals surface area contributed by atoms with Crippen LogP contribution < -0.4 is 15.4 Å². The summed E-state index contributed by atoms with van der Waals surface area (Å²) in [6.07, 6.45) is 4.66. The molecule has 2 N–H and O–H groups in total. The molecule has 7 heteroatoms. The van der Waals surface area contributed by atoms with Crippen molar-refractivity contribution >= 4 is 29.9 Å². The van der Waals surface area contributed by atoms with Crippen LogP contribution in [-0.4, -0.2) is 63.4 Å². The van der Waals surface area contributed by atoms with E-state index in [4.69, 9.17) is 14.5 Å². The Bertz CT molecular complexity index is 686. The lowest BCUT2D eigenvalue weighted by molar-refractivity contribution is -0.00501. The Balaban J connectivity index is 0.00000320. The van der Waals surface area contributed by atoms with E-state index in [1.54, 1.807) is 0 Å². The quantitative estimate of drug-likeness (QED) is 0.291. The molecule has 0 radical (unpaired) electrons. The number of halogens is 1. The first-order chi connectivity index (χ1) is 14.0. The van der Waals surface area contributed by atoms with E-state index >= 15 is 0 Å². The van der Waals surface area contributed by atoms with Gasteiger partial charge < -0.3 is 25.0 Å². The zero-order valence-electron chi connectivity index (χ0n) is 19.0. The normalized spacial score (nSPS) is 18.6. The second-order valence-electron chi connectivity index (χ2n) is 8.65. The van der Waals surface area contributed by atoms with Crippen LogP contribution in [0.15, 0.2) is 23.2 Å². The van der Waals surface area contributed by atoms with Gasteiger partial charge in [0, 0.05) is 37.4 Å². The number of nitrogens with one attached hydrogen (secondary N) is 2. The maximum atomic E-state index is 6.11. The predicted molar refractivity (Wildman–Crippen MR) is 134 cm³/mol. The molecule has 6 nitrogen and oxygen atoms in total. The molecule has 1 saturated carbocycles. The van der Waals surface area contributed by atoms with Gasteiger partial charge in [-0.15, -0.1) is 24.0 Å². The Morgan fingerprint density at radius 3 is 2.60 bits per heavy atom. The summed E-state index contributed by atoms with van der Waals surface area (Å²) in [6.45, 7) is 8.97. The summed E-state index contributed by atoms with van der Waals surface area (Å²) in [4.78, 5) is 7.19. The van der Waals surface area contributed by atoms with Crippen LogP contribution in [0.2, 0.25) is 0 Å². The highest BCUT2D eigenvalue weighted by atomic mass is 127. The number of likely N-dealkylation sites (N-methyl/N-ethyl adjacent to an activating group) is 1. The van der Waals surface area contributed by atoms with E-state index in [1.165, 1.54) is 18.4 Å². The summed E-state index contributed by atoms with van der Waals surface area (Å²) in [7, 11) is 4.32. The smallest absolute Gasteiger partial charge is 0.191 e. The average molecular weight is 530 g/mol. The molecule has 30 heavy (non-hydrogen) atoms. The summed E-state index contributed by atoms with van der Waals surface area (Å²) >= 11 is 0. The fourth-order valence-electron chi connectivity index (χ4n) is 3.71. The predicted octanol–water partition coefficient (Wildman–Crippen LogP) is 3.57. The molecule has 2 aliphatic rings. The minimum absolute atomic E-state index is 0. The summed E-state index contributed by atoms with van der Waals surface area (Å²) in [5.74, 6) is 2.58. The SMILES string of the molecule is CCNC(=NCc1ccc(C)cc1OCC1CC1)NCC1(N(C)C)CCOCC1.I. The first kappa shape index (κ1) is 25.2. The first-order valence-corrected chi connectivity index (χ1v) is 11.0. The molecule has 170 valence electrons. The number of nitrogens with zero attached hydrogens (tertiary/aromatic N) is 2. The lowest BCUT2D eigenvalue weighted by Gasteiger charge is -2.43. The molecule has 1 aromatic rings. The summed E-state index contributed by atoms with van der Waals surface area (Å²) < 4.78 is 11.7. The van der Waals surface area contributed by atoms with Crippen molar-refractivity contribution in [2.45, 2.75) is 51.6 Å². The van der Waals surface area contributed by atoms with Crippen LogP contribution in [0.5, 0.6) is 5.75 Å². The Morgan fingerprint density at radius 2 is 1.97 bits per heavy atom. The number of rotatable bonds is 9. The van der Waals surface area contributed by atoms with Crippen LogP contribution in [0.3, 0.4) is 0 Å². The Labute approximate surface area is 199 Å². The van der Waals surface area contributed by atoms with Crippen LogP contribution in [-0.2, 0) is 11.3 Å². The van der Waals surface area contributed by atoms with Crippen LogP contribution in [0.4, 0.5) is 0 Å². The summed E-state index contributed by atoms with van der Waals surface area (Å²) in [6, 6.07) is 6.42. The standard InChI is InChI=1S/C23H38N4O2.HI/c1-5-24-22(26-17-23(27(3)4)10-12-28-13-11-23)25-15-20-9-6-18(2)14-21(20)29-16-19-7-8-19;/h6,9,14,19H,5,7-8,10-13,15-17H2,1-4H3,(H2,24,25,26);1H. The highest BCUT2D eigenvalue weighted by Crippen LogP contribution is 2.31. The van der Waals surface area contributed by atoms with E-state index < -0.39 is 0 Å². The maximum absolute atomic E-state index is 6.11. The molecule has 1 aliphatic heterocycles. The number of benzene rings is 1. The monoisotopic (exact) mass is 530 g/mol. The third-order valence-electron chi connectivity index (χ3n) is 6.10. The van der Waals surface area contributed by atoms with E-state index in [0.717, 1.165) is 68.9 Å². The average Bonchev–Trinajstić information content (AvgIpc) is 3.54. The van der Waals surface area contributed by atoms with Gasteiger partial charge in [0.15, 0.2) is 5.96 Å². The number of ether oxygens (including phenoxy) is 2. The van der Waals surface area contributed by atoms with Gasteiger partial charge in [0.1, 0.15) is 5.75 Å². The van der Waals surface area contributed by atoms with E-state index in [0.29, 0.717) is 6.54 Å². The van der Waals surface area contributed by atoms with Crippen molar-refractivity contribution in [2.24, 2.45) is 10.9 Å². The van der Waals surface area contributed by atoms with Crippen molar-refractivity contribution in [3.63, 3.8) is 0 Å². The molecular weight excluding hydrogens is 491 g/mol. The van der Waals surface area contributed by atoms with Crippen molar-refractivity contribution in [1.29, 1.82) is 0 Å². The third-order valence-corrected chi connectivity index (χ3v) is 6.10. The van der Waals surface area contributed by atoms with Crippen LogP contribution >= 0.6 is 24.0 Å². The molecular formula is C23H39IN4O2. The van der Waals surface area contributed by atoms with Gasteiger partial charge in [-0.1, -0.05) is 12.1 Å². The van der Waals surface area contributed by atoms with Crippen LogP contribution in [0.1, 0.15) is 43.7 Å². The largest absolute Gasteiger partial charge is 0.493 e. The highest BCUT2D eigenvalue weighted by Gasteiger charge is 2.34. The van der Waals surface area contributed by atoms with Gasteiger partial charge in [0.05, 0.1) is 13.2 Å². The topological polar surface area (TPSA) is 58.1 Å². The van der Waals surface area contributed by atoms with E-state index in [-0.39, 0.29) is 29.5 Å². The molecule has 0 amide bonds. The molecule has 0 atom stereocenters. The molecule has 1 aliphatic carbocycles. The minimum Gasteiger partial charge on any atom is -0.493 e. The number of aryl methyl sites for hydroxylation is 1. The van der Waals surface area contributed by atoms with Gasteiger partial charge in [0.25, 0.3) is 0 Å². The second kappa shape index (κ2) is 12.1. The van der Waals surface area contributed by atoms with Crippen molar-refractivity contribution < 1.29 is 9.47 Å². The highest BCUT2D eigenvalue weighted by molar-refractivity contribution is 14.0. The zero-order valence-corrected chi connectivity index (χ0v) is 21.3. The molecule has 0 unspecified atom stereocenters. The van der Waals surface area contributed by atoms with Crippen LogP contribution in [0.25, 0.3) is 0 Å². The lowest BCUT2D eigenvalue weighted by Crippen LogP contribution is -2.57. The van der Waals surface area contributed by atoms with Crippen LogP contribution in [0, 0.1) is 12.8 Å². The van der Waals surface area contributed by atoms with Gasteiger partial charge in [-0.3, -0.25) is 0 Å². The van der Waals surface area contributed by atoms with Gasteiger partial charge in [0.2, 0.25) is 0 Å². The van der Waals surface area contributed by atoms with Gasteiger partial charge in [-0.2, -0.15) is 0 Å². The third kappa shape index (κ3) is 7.27. The number of hydrogen-bond acceptors (Lipinski definition) is 4. The maximum Gasteiger partial charge on any atom is 0.191 e. The lowest BCUT2D eigenvalue weighted by atomic mass is 9.88. The molecule has 1 saturated heterocycles. The molecule has 1 heterocycles. The van der Waals surface area contributed by atoms with Crippen molar-refractivity contribution in [3.8, 4) is 5.75 Å². The molecule has 3 rings (SSSR count). The van der Waals surface area contributed by atoms with Crippen molar-refractivity contribution in [3.05, 3.63) is 29.3 Å². The van der Waals surface area contributed by atoms with E-state index in [1.807, 2.05) is 0 Å². The molecule has 0 bridgehead atoms. The van der Waals surface area contributed by atoms with E-state index in [9.17, 15) is 0 Å². The molecule has 1 aromatic carbocycles. The van der Waals surface area contributed by atoms with Crippen molar-refractivity contribution in [2.75, 3.05) is 47.0 Å². The number of guanidine groups is 1. The Morgan fingerprint density at radius 1 is 1.23 bits per heavy atom. The summed E-state index contributed by atoms with van der Waals surface area (Å²) in [5.41, 5.74) is 2.47. The summed E-state index contributed by atoms with van der Waals surface area (Å²) in [5, 5.41) is 6.96. The van der Waals surface area contributed by atoms with E-state index in [2.05, 4.69) is 61.7 Å². The number of aliphatic imine (C=N–C) groups is 1. The minimum atomic E-state index is 0. The molecule has 0 aromatic heterocycles. The van der Waals surface area contributed by atoms with Gasteiger partial charge >= 0.3 is 0 Å². The molecule has 2 fully saturated rings.